The Morgan fingerprint density at radius 2 is 2.09 bits per heavy atom. The highest BCUT2D eigenvalue weighted by Gasteiger charge is 2.15. The number of fused-ring (bicyclic) bond motifs is 1. The van der Waals surface area contributed by atoms with Crippen molar-refractivity contribution in [2.24, 2.45) is 7.05 Å². The first kappa shape index (κ1) is 17.2. The molecule has 0 radical (unpaired) electrons. The molecule has 0 atom stereocenters. The lowest BCUT2D eigenvalue weighted by molar-refractivity contribution is -0.143. The minimum Gasteiger partial charge on any atom is -0.466 e. The van der Waals surface area contributed by atoms with E-state index in [-0.39, 0.29) is 29.7 Å². The Morgan fingerprint density at radius 3 is 2.78 bits per heavy atom. The molecule has 2 aromatic rings. The van der Waals surface area contributed by atoms with Gasteiger partial charge in [0.15, 0.2) is 10.8 Å². The van der Waals surface area contributed by atoms with E-state index >= 15 is 0 Å². The fraction of sp³-hybridized carbons (Fsp3) is 0.571. The Kier molecular flexibility index (Phi) is 5.54. The zero-order valence-corrected chi connectivity index (χ0v) is 14.0. The summed E-state index contributed by atoms with van der Waals surface area (Å²) in [6.45, 7) is 2.57. The van der Waals surface area contributed by atoms with E-state index in [2.05, 4.69) is 4.98 Å². The zero-order valence-electron chi connectivity index (χ0n) is 13.2. The van der Waals surface area contributed by atoms with E-state index in [1.165, 1.54) is 4.57 Å². The number of anilines is 1. The molecule has 0 amide bonds. The number of esters is 1. The van der Waals surface area contributed by atoms with Crippen molar-refractivity contribution in [1.82, 2.24) is 14.1 Å². The zero-order chi connectivity index (χ0) is 17.0. The molecule has 126 valence electrons. The topological polar surface area (TPSA) is 109 Å². The molecule has 0 aromatic carbocycles. The highest BCUT2D eigenvalue weighted by molar-refractivity contribution is 7.21. The highest BCUT2D eigenvalue weighted by atomic mass is 32.1. The van der Waals surface area contributed by atoms with Crippen LogP contribution >= 0.6 is 11.3 Å². The van der Waals surface area contributed by atoms with E-state index in [0.29, 0.717) is 17.7 Å². The van der Waals surface area contributed by atoms with Gasteiger partial charge >= 0.3 is 11.7 Å². The van der Waals surface area contributed by atoms with Crippen molar-refractivity contribution in [3.63, 3.8) is 0 Å². The lowest BCUT2D eigenvalue weighted by Gasteiger charge is -2.07. The molecule has 2 rings (SSSR count). The van der Waals surface area contributed by atoms with Crippen LogP contribution in [0.2, 0.25) is 0 Å². The Morgan fingerprint density at radius 1 is 1.35 bits per heavy atom. The molecule has 8 nitrogen and oxygen atoms in total. The summed E-state index contributed by atoms with van der Waals surface area (Å²) in [5.41, 5.74) is 5.01. The fourth-order valence-electron chi connectivity index (χ4n) is 2.16. The number of rotatable bonds is 7. The predicted octanol–water partition coefficient (Wildman–Crippen LogP) is 0.862. The van der Waals surface area contributed by atoms with Crippen molar-refractivity contribution in [1.29, 1.82) is 0 Å². The first-order chi connectivity index (χ1) is 11.0. The van der Waals surface area contributed by atoms with Gasteiger partial charge in [0, 0.05) is 20.0 Å². The van der Waals surface area contributed by atoms with Gasteiger partial charge < -0.3 is 10.5 Å². The first-order valence-electron chi connectivity index (χ1n) is 7.47. The van der Waals surface area contributed by atoms with Crippen molar-refractivity contribution in [2.75, 3.05) is 12.3 Å². The summed E-state index contributed by atoms with van der Waals surface area (Å²) in [5.74, 6) is -0.313. The number of hydrogen-bond acceptors (Lipinski definition) is 7. The summed E-state index contributed by atoms with van der Waals surface area (Å²) in [7, 11) is 1.54. The number of nitrogens with zero attached hydrogens (tertiary/aromatic N) is 3. The van der Waals surface area contributed by atoms with Crippen LogP contribution < -0.4 is 17.0 Å². The molecule has 2 heterocycles. The number of carbonyl (C=O) groups is 1. The standard InChI is InChI=1S/C14H20N4O4S/c1-3-4-8-22-9(19)6-5-7-18-12(20)10-11(16-13(15)23-10)17(2)14(18)21/h3-8H2,1-2H3,(H2,15,16). The van der Waals surface area contributed by atoms with E-state index in [1.807, 2.05) is 6.92 Å². The average molecular weight is 340 g/mol. The summed E-state index contributed by atoms with van der Waals surface area (Å²) in [4.78, 5) is 40.1. The number of ether oxygens (including phenoxy) is 1. The van der Waals surface area contributed by atoms with E-state index in [9.17, 15) is 14.4 Å². The Bertz CT molecular complexity index is 821. The fourth-order valence-corrected chi connectivity index (χ4v) is 2.97. The molecule has 0 saturated heterocycles. The molecule has 0 unspecified atom stereocenters. The highest BCUT2D eigenvalue weighted by Crippen LogP contribution is 2.18. The average Bonchev–Trinajstić information content (AvgIpc) is 2.91. The molecule has 0 aliphatic rings. The molecule has 2 N–H and O–H groups in total. The third kappa shape index (κ3) is 3.79. The largest absolute Gasteiger partial charge is 0.466 e. The summed E-state index contributed by atoms with van der Waals surface area (Å²) in [5, 5.41) is 0.240. The second-order valence-corrected chi connectivity index (χ2v) is 6.21. The van der Waals surface area contributed by atoms with Gasteiger partial charge in [-0.05, 0) is 12.8 Å². The second-order valence-electron chi connectivity index (χ2n) is 5.18. The number of carbonyl (C=O) groups excluding carboxylic acids is 1. The van der Waals surface area contributed by atoms with E-state index in [1.54, 1.807) is 7.05 Å². The van der Waals surface area contributed by atoms with Gasteiger partial charge in [0.2, 0.25) is 0 Å². The minimum atomic E-state index is -0.466. The Labute approximate surface area is 136 Å². The van der Waals surface area contributed by atoms with Crippen molar-refractivity contribution in [2.45, 2.75) is 39.2 Å². The molecule has 0 bridgehead atoms. The molecular formula is C14H20N4O4S. The summed E-state index contributed by atoms with van der Waals surface area (Å²) < 4.78 is 7.79. The van der Waals surface area contributed by atoms with Crippen LogP contribution in [0.4, 0.5) is 5.13 Å². The monoisotopic (exact) mass is 340 g/mol. The summed E-state index contributed by atoms with van der Waals surface area (Å²) in [6.07, 6.45) is 2.31. The number of unbranched alkanes of at least 4 members (excludes halogenated alkanes) is 1. The molecule has 0 saturated carbocycles. The van der Waals surface area contributed by atoms with Crippen LogP contribution in [0.15, 0.2) is 9.59 Å². The van der Waals surface area contributed by atoms with Gasteiger partial charge in [0.1, 0.15) is 4.70 Å². The lowest BCUT2D eigenvalue weighted by Crippen LogP contribution is -2.38. The minimum absolute atomic E-state index is 0.155. The Hall–Kier alpha value is -2.16. The maximum absolute atomic E-state index is 12.3. The number of nitrogens with two attached hydrogens (primary N) is 1. The van der Waals surface area contributed by atoms with E-state index in [4.69, 9.17) is 10.5 Å². The van der Waals surface area contributed by atoms with Crippen LogP contribution in [0.1, 0.15) is 32.6 Å². The number of aromatic nitrogens is 3. The van der Waals surface area contributed by atoms with E-state index < -0.39 is 11.2 Å². The molecule has 9 heteroatoms. The maximum atomic E-state index is 12.3. The summed E-state index contributed by atoms with van der Waals surface area (Å²) >= 11 is 1.05. The molecule has 23 heavy (non-hydrogen) atoms. The van der Waals surface area contributed by atoms with Crippen LogP contribution in [0.25, 0.3) is 10.3 Å². The van der Waals surface area contributed by atoms with Gasteiger partial charge in [-0.15, -0.1) is 0 Å². The molecule has 0 fully saturated rings. The Balaban J connectivity index is 2.10. The SMILES string of the molecule is CCCCOC(=O)CCCn1c(=O)c2sc(N)nc2n(C)c1=O. The van der Waals surface area contributed by atoms with Gasteiger partial charge in [0.05, 0.1) is 6.61 Å². The van der Waals surface area contributed by atoms with Gasteiger partial charge in [-0.3, -0.25) is 18.7 Å². The number of thiazole rings is 1. The lowest BCUT2D eigenvalue weighted by atomic mass is 10.3. The molecule has 2 aromatic heterocycles. The van der Waals surface area contributed by atoms with Crippen LogP contribution in [-0.2, 0) is 23.1 Å². The van der Waals surface area contributed by atoms with Gasteiger partial charge in [-0.25, -0.2) is 9.78 Å². The van der Waals surface area contributed by atoms with Gasteiger partial charge in [0.25, 0.3) is 5.56 Å². The van der Waals surface area contributed by atoms with Crippen molar-refractivity contribution in [3.8, 4) is 0 Å². The third-order valence-corrected chi connectivity index (χ3v) is 4.29. The molecular weight excluding hydrogens is 320 g/mol. The number of hydrogen-bond donors (Lipinski definition) is 1. The second kappa shape index (κ2) is 7.40. The number of nitrogen functional groups attached to an aromatic ring is 1. The van der Waals surface area contributed by atoms with Crippen LogP contribution in [-0.4, -0.2) is 26.7 Å². The van der Waals surface area contributed by atoms with E-state index in [0.717, 1.165) is 28.7 Å². The summed E-state index contributed by atoms with van der Waals surface area (Å²) in [6, 6.07) is 0. The van der Waals surface area contributed by atoms with Crippen molar-refractivity contribution in [3.05, 3.63) is 20.8 Å². The molecule has 0 spiro atoms. The van der Waals surface area contributed by atoms with Gasteiger partial charge in [-0.2, -0.15) is 0 Å². The van der Waals surface area contributed by atoms with Crippen LogP contribution in [0.5, 0.6) is 0 Å². The quantitative estimate of drug-likeness (QED) is 0.591. The number of aryl methyl sites for hydroxylation is 1. The first-order valence-corrected chi connectivity index (χ1v) is 8.28. The smallest absolute Gasteiger partial charge is 0.332 e. The van der Waals surface area contributed by atoms with Crippen LogP contribution in [0.3, 0.4) is 0 Å². The van der Waals surface area contributed by atoms with Gasteiger partial charge in [-0.1, -0.05) is 24.7 Å². The van der Waals surface area contributed by atoms with Crippen molar-refractivity contribution < 1.29 is 9.53 Å². The normalized spacial score (nSPS) is 11.0. The predicted molar refractivity (Wildman–Crippen MR) is 88.6 cm³/mol. The molecule has 0 aliphatic carbocycles. The van der Waals surface area contributed by atoms with Crippen molar-refractivity contribution >= 4 is 32.8 Å². The third-order valence-electron chi connectivity index (χ3n) is 3.42. The van der Waals surface area contributed by atoms with Crippen LogP contribution in [0, 0.1) is 0 Å². The maximum Gasteiger partial charge on any atom is 0.332 e. The molecule has 0 aliphatic heterocycles.